The number of hydrogen-bond acceptors (Lipinski definition) is 4. The molecule has 0 saturated heterocycles. The number of carbonyl (C=O) groups is 2. The zero-order valence-corrected chi connectivity index (χ0v) is 11.4. The van der Waals surface area contributed by atoms with Crippen LogP contribution in [0.25, 0.3) is 0 Å². The summed E-state index contributed by atoms with van der Waals surface area (Å²) >= 11 is 0. The van der Waals surface area contributed by atoms with Crippen molar-refractivity contribution in [1.29, 1.82) is 0 Å². The number of aromatic nitrogens is 2. The molecule has 3 N–H and O–H groups in total. The highest BCUT2D eigenvalue weighted by atomic mass is 16.4. The zero-order chi connectivity index (χ0) is 14.7. The van der Waals surface area contributed by atoms with Crippen LogP contribution in [-0.2, 0) is 11.3 Å². The van der Waals surface area contributed by atoms with Crippen molar-refractivity contribution in [1.82, 2.24) is 9.55 Å². The number of anilines is 1. The Morgan fingerprint density at radius 2 is 2.25 bits per heavy atom. The number of hydrogen-bond donors (Lipinski definition) is 3. The highest BCUT2D eigenvalue weighted by molar-refractivity contribution is 5.85. The van der Waals surface area contributed by atoms with Crippen LogP contribution in [0.5, 0.6) is 0 Å². The van der Waals surface area contributed by atoms with Gasteiger partial charge in [0.25, 0.3) is 0 Å². The third-order valence-corrected chi connectivity index (χ3v) is 3.72. The lowest BCUT2D eigenvalue weighted by molar-refractivity contribution is -0.137. The Bertz CT molecular complexity index is 512. The van der Waals surface area contributed by atoms with E-state index in [-0.39, 0.29) is 18.2 Å². The smallest absolute Gasteiger partial charge is 0.356 e. The summed E-state index contributed by atoms with van der Waals surface area (Å²) in [5.41, 5.74) is 0.0357. The molecule has 2 heterocycles. The summed E-state index contributed by atoms with van der Waals surface area (Å²) in [6, 6.07) is 0.209. The van der Waals surface area contributed by atoms with Crippen molar-refractivity contribution in [2.45, 2.75) is 45.2 Å². The summed E-state index contributed by atoms with van der Waals surface area (Å²) < 4.78 is 1.81. The van der Waals surface area contributed by atoms with E-state index in [1.807, 2.05) is 0 Å². The Hall–Kier alpha value is -2.05. The predicted molar refractivity (Wildman–Crippen MR) is 71.9 cm³/mol. The van der Waals surface area contributed by atoms with Crippen LogP contribution >= 0.6 is 0 Å². The minimum atomic E-state index is -1.04. The van der Waals surface area contributed by atoms with Crippen molar-refractivity contribution in [3.05, 3.63) is 11.9 Å². The molecule has 0 fully saturated rings. The van der Waals surface area contributed by atoms with Crippen LogP contribution in [0.1, 0.15) is 43.1 Å². The molecule has 0 aliphatic carbocycles. The number of carboxylic acids is 2. The molecule has 0 radical (unpaired) electrons. The molecule has 2 unspecified atom stereocenters. The number of aliphatic carboxylic acids is 1. The van der Waals surface area contributed by atoms with E-state index in [1.54, 1.807) is 4.57 Å². The molecule has 0 saturated carbocycles. The molecule has 1 aliphatic heterocycles. The number of nitrogens with one attached hydrogen (secondary N) is 1. The second-order valence-electron chi connectivity index (χ2n) is 5.11. The molecule has 0 aromatic carbocycles. The first kappa shape index (κ1) is 14.4. The molecule has 1 aromatic rings. The van der Waals surface area contributed by atoms with Crippen molar-refractivity contribution in [3.63, 3.8) is 0 Å². The number of aromatic carboxylic acids is 1. The number of fused-ring (bicyclic) bond motifs is 1. The first-order valence-corrected chi connectivity index (χ1v) is 6.80. The lowest BCUT2D eigenvalue weighted by atomic mass is 9.90. The molecule has 2 atom stereocenters. The second kappa shape index (κ2) is 5.94. The van der Waals surface area contributed by atoms with Crippen LogP contribution in [0.15, 0.2) is 6.20 Å². The van der Waals surface area contributed by atoms with Gasteiger partial charge < -0.3 is 20.1 Å². The average Bonchev–Trinajstić information content (AvgIpc) is 2.80. The summed E-state index contributed by atoms with van der Waals surface area (Å²) in [6.07, 6.45) is 4.03. The highest BCUT2D eigenvalue weighted by Crippen LogP contribution is 2.27. The standard InChI is InChI=1S/C13H19N3O4/c1-2-9-8(4-3-5-11(17)18)6-16-7-10(12(19)20)15-13(16)14-9/h7-9H,2-6H2,1H3,(H,14,15)(H,17,18)(H,19,20). The van der Waals surface area contributed by atoms with Gasteiger partial charge in [-0.25, -0.2) is 9.78 Å². The maximum Gasteiger partial charge on any atom is 0.356 e. The summed E-state index contributed by atoms with van der Waals surface area (Å²) in [5.74, 6) is -0.936. The van der Waals surface area contributed by atoms with Crippen molar-refractivity contribution >= 4 is 17.9 Å². The number of rotatable bonds is 6. The Balaban J connectivity index is 2.06. The fourth-order valence-electron chi connectivity index (χ4n) is 2.68. The molecule has 20 heavy (non-hydrogen) atoms. The van der Waals surface area contributed by atoms with E-state index in [2.05, 4.69) is 17.2 Å². The van der Waals surface area contributed by atoms with E-state index < -0.39 is 11.9 Å². The topological polar surface area (TPSA) is 104 Å². The van der Waals surface area contributed by atoms with Gasteiger partial charge in [0.2, 0.25) is 5.95 Å². The van der Waals surface area contributed by atoms with Gasteiger partial charge in [0.05, 0.1) is 0 Å². The van der Waals surface area contributed by atoms with E-state index in [4.69, 9.17) is 10.2 Å². The van der Waals surface area contributed by atoms with Gasteiger partial charge >= 0.3 is 11.9 Å². The molecular weight excluding hydrogens is 262 g/mol. The molecule has 0 spiro atoms. The van der Waals surface area contributed by atoms with Crippen LogP contribution < -0.4 is 5.32 Å². The first-order valence-electron chi connectivity index (χ1n) is 6.80. The van der Waals surface area contributed by atoms with Crippen molar-refractivity contribution in [3.8, 4) is 0 Å². The monoisotopic (exact) mass is 281 g/mol. The molecule has 0 bridgehead atoms. The zero-order valence-electron chi connectivity index (χ0n) is 11.4. The minimum absolute atomic E-state index is 0.0357. The molecule has 2 rings (SSSR count). The van der Waals surface area contributed by atoms with Crippen LogP contribution in [0.4, 0.5) is 5.95 Å². The summed E-state index contributed by atoms with van der Waals surface area (Å²) in [5, 5.41) is 20.9. The van der Waals surface area contributed by atoms with Crippen molar-refractivity contribution < 1.29 is 19.8 Å². The fourth-order valence-corrected chi connectivity index (χ4v) is 2.68. The molecule has 0 amide bonds. The van der Waals surface area contributed by atoms with Crippen LogP contribution in [-0.4, -0.2) is 37.7 Å². The van der Waals surface area contributed by atoms with Crippen molar-refractivity contribution in [2.24, 2.45) is 5.92 Å². The van der Waals surface area contributed by atoms with Crippen LogP contribution in [0, 0.1) is 5.92 Å². The quantitative estimate of drug-likeness (QED) is 0.732. The van der Waals surface area contributed by atoms with Gasteiger partial charge in [0.15, 0.2) is 5.69 Å². The largest absolute Gasteiger partial charge is 0.481 e. The third kappa shape index (κ3) is 3.09. The average molecular weight is 281 g/mol. The normalized spacial score (nSPS) is 21.1. The summed E-state index contributed by atoms with van der Waals surface area (Å²) in [6.45, 7) is 2.74. The van der Waals surface area contributed by atoms with Crippen LogP contribution in [0.3, 0.4) is 0 Å². The first-order chi connectivity index (χ1) is 9.51. The van der Waals surface area contributed by atoms with Gasteiger partial charge in [0.1, 0.15) is 0 Å². The van der Waals surface area contributed by atoms with E-state index >= 15 is 0 Å². The highest BCUT2D eigenvalue weighted by Gasteiger charge is 2.28. The van der Waals surface area contributed by atoms with Gasteiger partial charge in [-0.05, 0) is 25.2 Å². The van der Waals surface area contributed by atoms with E-state index in [1.165, 1.54) is 6.20 Å². The number of nitrogens with zero attached hydrogens (tertiary/aromatic N) is 2. The molecule has 7 heteroatoms. The molecule has 110 valence electrons. The Morgan fingerprint density at radius 1 is 1.50 bits per heavy atom. The Kier molecular flexibility index (Phi) is 4.26. The molecule has 7 nitrogen and oxygen atoms in total. The van der Waals surface area contributed by atoms with Gasteiger partial charge in [-0.2, -0.15) is 0 Å². The number of carboxylic acid groups (broad SMARTS) is 2. The van der Waals surface area contributed by atoms with Crippen molar-refractivity contribution in [2.75, 3.05) is 5.32 Å². The van der Waals surface area contributed by atoms with E-state index in [0.717, 1.165) is 12.8 Å². The summed E-state index contributed by atoms with van der Waals surface area (Å²) in [7, 11) is 0. The second-order valence-corrected chi connectivity index (χ2v) is 5.11. The van der Waals surface area contributed by atoms with Crippen LogP contribution in [0.2, 0.25) is 0 Å². The van der Waals surface area contributed by atoms with Gasteiger partial charge in [0, 0.05) is 25.2 Å². The fraction of sp³-hybridized carbons (Fsp3) is 0.615. The Labute approximate surface area is 116 Å². The SMILES string of the molecule is CCC1Nc2nc(C(=O)O)cn2CC1CCCC(=O)O. The molecule has 1 aliphatic rings. The Morgan fingerprint density at radius 3 is 2.85 bits per heavy atom. The number of imidazole rings is 1. The third-order valence-electron chi connectivity index (χ3n) is 3.72. The maximum atomic E-state index is 10.9. The van der Waals surface area contributed by atoms with Gasteiger partial charge in [-0.3, -0.25) is 4.79 Å². The van der Waals surface area contributed by atoms with E-state index in [0.29, 0.717) is 24.8 Å². The van der Waals surface area contributed by atoms with Gasteiger partial charge in [-0.1, -0.05) is 6.92 Å². The molecular formula is C13H19N3O4. The lowest BCUT2D eigenvalue weighted by Crippen LogP contribution is -2.37. The summed E-state index contributed by atoms with van der Waals surface area (Å²) in [4.78, 5) is 25.6. The lowest BCUT2D eigenvalue weighted by Gasteiger charge is -2.33. The maximum absolute atomic E-state index is 10.9. The molecule has 1 aromatic heterocycles. The van der Waals surface area contributed by atoms with Gasteiger partial charge in [-0.15, -0.1) is 0 Å². The van der Waals surface area contributed by atoms with E-state index in [9.17, 15) is 9.59 Å². The minimum Gasteiger partial charge on any atom is -0.481 e. The predicted octanol–water partition coefficient (Wildman–Crippen LogP) is 1.66.